The van der Waals surface area contributed by atoms with E-state index in [4.69, 9.17) is 9.15 Å². The topological polar surface area (TPSA) is 93.8 Å². The number of sulfone groups is 1. The Kier molecular flexibility index (Phi) is 6.17. The normalized spacial score (nSPS) is 12.6. The minimum Gasteiger partial charge on any atom is -0.464 e. The van der Waals surface area contributed by atoms with Crippen LogP contribution in [0.4, 0.5) is 0 Å². The first kappa shape index (κ1) is 19.0. The van der Waals surface area contributed by atoms with E-state index in [2.05, 4.69) is 0 Å². The van der Waals surface area contributed by atoms with Crippen LogP contribution >= 0.6 is 0 Å². The highest BCUT2D eigenvalue weighted by Crippen LogP contribution is 2.30. The number of carbonyl (C=O) groups excluding carboxylic acids is 1. The van der Waals surface area contributed by atoms with Gasteiger partial charge in [0.15, 0.2) is 9.84 Å². The molecule has 25 heavy (non-hydrogen) atoms. The molecule has 0 unspecified atom stereocenters. The van der Waals surface area contributed by atoms with Gasteiger partial charge in [-0.05, 0) is 36.8 Å². The van der Waals surface area contributed by atoms with Crippen LogP contribution in [0.25, 0.3) is 5.57 Å². The van der Waals surface area contributed by atoms with Gasteiger partial charge in [0.25, 0.3) is 0 Å². The largest absolute Gasteiger partial charge is 0.464 e. The third kappa shape index (κ3) is 4.58. The first-order valence-corrected chi connectivity index (χ1v) is 9.63. The lowest BCUT2D eigenvalue weighted by molar-refractivity contribution is -0.138. The number of aliphatic hydroxyl groups is 1. The summed E-state index contributed by atoms with van der Waals surface area (Å²) >= 11 is 0. The van der Waals surface area contributed by atoms with Crippen molar-refractivity contribution in [3.8, 4) is 0 Å². The number of rotatable bonds is 7. The second-order valence-electron chi connectivity index (χ2n) is 5.32. The van der Waals surface area contributed by atoms with Crippen LogP contribution in [0, 0.1) is 0 Å². The fourth-order valence-corrected chi connectivity index (χ4v) is 3.04. The van der Waals surface area contributed by atoms with Crippen molar-refractivity contribution in [2.75, 3.05) is 19.5 Å². The Bertz CT molecular complexity index is 845. The molecule has 2 rings (SSSR count). The average Bonchev–Trinajstić information content (AvgIpc) is 3.08. The molecule has 0 atom stereocenters. The van der Waals surface area contributed by atoms with E-state index in [1.54, 1.807) is 31.2 Å². The summed E-state index contributed by atoms with van der Waals surface area (Å²) in [5.74, 6) is -0.112. The monoisotopic (exact) mass is 364 g/mol. The van der Waals surface area contributed by atoms with Crippen LogP contribution in [-0.4, -0.2) is 39.0 Å². The van der Waals surface area contributed by atoms with E-state index in [0.29, 0.717) is 16.9 Å². The average molecular weight is 364 g/mol. The Morgan fingerprint density at radius 1 is 1.20 bits per heavy atom. The fourth-order valence-electron chi connectivity index (χ4n) is 2.41. The van der Waals surface area contributed by atoms with Crippen LogP contribution in [0.3, 0.4) is 0 Å². The molecule has 0 fully saturated rings. The van der Waals surface area contributed by atoms with E-state index < -0.39 is 15.8 Å². The summed E-state index contributed by atoms with van der Waals surface area (Å²) in [6, 6.07) is 9.51. The molecule has 7 heteroatoms. The minimum absolute atomic E-state index is 0.0860. The smallest absolute Gasteiger partial charge is 0.334 e. The zero-order valence-electron chi connectivity index (χ0n) is 14.1. The van der Waals surface area contributed by atoms with Crippen molar-refractivity contribution in [2.45, 2.75) is 18.2 Å². The first-order valence-electron chi connectivity index (χ1n) is 7.74. The summed E-state index contributed by atoms with van der Waals surface area (Å²) in [5.41, 5.74) is 1.34. The molecule has 0 radical (unpaired) electrons. The Morgan fingerprint density at radius 2 is 1.88 bits per heavy atom. The van der Waals surface area contributed by atoms with Crippen molar-refractivity contribution in [3.63, 3.8) is 0 Å². The fraction of sp³-hybridized carbons (Fsp3) is 0.278. The molecule has 6 nitrogen and oxygen atoms in total. The maximum atomic E-state index is 12.3. The van der Waals surface area contributed by atoms with Gasteiger partial charge in [0, 0.05) is 24.9 Å². The summed E-state index contributed by atoms with van der Waals surface area (Å²) in [6.07, 6.45) is 2.69. The summed E-state index contributed by atoms with van der Waals surface area (Å²) in [7, 11) is -3.33. The SMILES string of the molecule is CCOC(=O)/C(CCO)=C(\c1ccc(S(C)(=O)=O)cc1)c1ccco1. The molecule has 134 valence electrons. The molecule has 0 spiro atoms. The van der Waals surface area contributed by atoms with E-state index in [1.165, 1.54) is 18.4 Å². The highest BCUT2D eigenvalue weighted by Gasteiger charge is 2.21. The van der Waals surface area contributed by atoms with Gasteiger partial charge < -0.3 is 14.3 Å². The van der Waals surface area contributed by atoms with Crippen LogP contribution in [-0.2, 0) is 19.4 Å². The minimum atomic E-state index is -3.33. The van der Waals surface area contributed by atoms with Gasteiger partial charge >= 0.3 is 5.97 Å². The van der Waals surface area contributed by atoms with E-state index in [9.17, 15) is 18.3 Å². The lowest BCUT2D eigenvalue weighted by Crippen LogP contribution is -2.12. The maximum absolute atomic E-state index is 12.3. The molecule has 0 aliphatic carbocycles. The van der Waals surface area contributed by atoms with Gasteiger partial charge in [0.1, 0.15) is 5.76 Å². The number of hydrogen-bond donors (Lipinski definition) is 1. The van der Waals surface area contributed by atoms with Crippen LogP contribution in [0.5, 0.6) is 0 Å². The Morgan fingerprint density at radius 3 is 2.36 bits per heavy atom. The number of aliphatic hydroxyl groups excluding tert-OH is 1. The summed E-state index contributed by atoms with van der Waals surface area (Å²) in [4.78, 5) is 12.5. The highest BCUT2D eigenvalue weighted by atomic mass is 32.2. The van der Waals surface area contributed by atoms with Gasteiger partial charge in [-0.1, -0.05) is 12.1 Å². The number of carbonyl (C=O) groups is 1. The third-order valence-corrected chi connectivity index (χ3v) is 4.65. The van der Waals surface area contributed by atoms with E-state index in [0.717, 1.165) is 6.26 Å². The Balaban J connectivity index is 2.63. The van der Waals surface area contributed by atoms with Gasteiger partial charge in [-0.15, -0.1) is 0 Å². The summed E-state index contributed by atoms with van der Waals surface area (Å²) in [6.45, 7) is 1.66. The van der Waals surface area contributed by atoms with E-state index >= 15 is 0 Å². The molecule has 1 N–H and O–H groups in total. The van der Waals surface area contributed by atoms with Gasteiger partial charge in [0.05, 0.1) is 23.3 Å². The second kappa shape index (κ2) is 8.13. The predicted molar refractivity (Wildman–Crippen MR) is 92.6 cm³/mol. The number of hydrogen-bond acceptors (Lipinski definition) is 6. The van der Waals surface area contributed by atoms with Crippen molar-refractivity contribution in [1.82, 2.24) is 0 Å². The van der Waals surface area contributed by atoms with Crippen LogP contribution in [0.15, 0.2) is 57.5 Å². The molecule has 0 saturated carbocycles. The first-order chi connectivity index (χ1) is 11.9. The van der Waals surface area contributed by atoms with Crippen molar-refractivity contribution in [3.05, 3.63) is 59.6 Å². The third-order valence-electron chi connectivity index (χ3n) is 3.52. The van der Waals surface area contributed by atoms with Crippen LogP contribution in [0.2, 0.25) is 0 Å². The molecule has 1 aromatic carbocycles. The van der Waals surface area contributed by atoms with Crippen molar-refractivity contribution >= 4 is 21.4 Å². The van der Waals surface area contributed by atoms with Crippen molar-refractivity contribution in [1.29, 1.82) is 0 Å². The molecule has 0 aliphatic rings. The van der Waals surface area contributed by atoms with Gasteiger partial charge in [-0.3, -0.25) is 0 Å². The molecule has 1 aromatic heterocycles. The van der Waals surface area contributed by atoms with Crippen molar-refractivity contribution < 1.29 is 27.5 Å². The number of benzene rings is 1. The Labute approximate surface area is 146 Å². The standard InChI is InChI=1S/C18H20O6S/c1-3-23-18(20)15(10-11-19)17(16-5-4-12-24-16)13-6-8-14(9-7-13)25(2,21)22/h4-9,12,19H,3,10-11H2,1-2H3/b17-15+. The number of ether oxygens (including phenoxy) is 1. The number of furan rings is 1. The zero-order valence-corrected chi connectivity index (χ0v) is 14.9. The quantitative estimate of drug-likeness (QED) is 0.599. The molecule has 0 saturated heterocycles. The second-order valence-corrected chi connectivity index (χ2v) is 7.34. The van der Waals surface area contributed by atoms with Gasteiger partial charge in [-0.2, -0.15) is 0 Å². The maximum Gasteiger partial charge on any atom is 0.334 e. The summed E-state index contributed by atoms with van der Waals surface area (Å²) < 4.78 is 33.8. The molecular weight excluding hydrogens is 344 g/mol. The van der Waals surface area contributed by atoms with E-state index in [-0.39, 0.29) is 30.1 Å². The lowest BCUT2D eigenvalue weighted by Gasteiger charge is -2.13. The van der Waals surface area contributed by atoms with Crippen LogP contribution in [0.1, 0.15) is 24.7 Å². The molecule has 1 heterocycles. The lowest BCUT2D eigenvalue weighted by atomic mass is 9.96. The molecule has 2 aromatic rings. The highest BCUT2D eigenvalue weighted by molar-refractivity contribution is 7.90. The van der Waals surface area contributed by atoms with Crippen LogP contribution < -0.4 is 0 Å². The molecule has 0 bridgehead atoms. The van der Waals surface area contributed by atoms with Gasteiger partial charge in [0.2, 0.25) is 0 Å². The zero-order chi connectivity index (χ0) is 18.4. The predicted octanol–water partition coefficient (Wildman–Crippen LogP) is 2.43. The van der Waals surface area contributed by atoms with Gasteiger partial charge in [-0.25, -0.2) is 13.2 Å². The number of esters is 1. The van der Waals surface area contributed by atoms with E-state index in [1.807, 2.05) is 0 Å². The molecule has 0 aliphatic heterocycles. The summed E-state index contributed by atoms with van der Waals surface area (Å²) in [5, 5.41) is 9.35. The Hall–Kier alpha value is -2.38. The molecular formula is C18H20O6S. The van der Waals surface area contributed by atoms with Crippen molar-refractivity contribution in [2.24, 2.45) is 0 Å². The molecule has 0 amide bonds.